The Balaban J connectivity index is 1.51. The Morgan fingerprint density at radius 3 is 2.62 bits per heavy atom. The van der Waals surface area contributed by atoms with Crippen LogP contribution < -0.4 is 5.32 Å². The molecule has 0 aliphatic carbocycles. The molecule has 0 atom stereocenters. The molecular formula is C17H15NO3. The molecule has 0 spiro atoms. The number of rotatable bonds is 4. The van der Waals surface area contributed by atoms with Crippen LogP contribution in [0.5, 0.6) is 0 Å². The average molecular weight is 281 g/mol. The molecule has 0 aliphatic heterocycles. The summed E-state index contributed by atoms with van der Waals surface area (Å²) in [7, 11) is 0. The monoisotopic (exact) mass is 281 g/mol. The van der Waals surface area contributed by atoms with Crippen molar-refractivity contribution in [3.8, 4) is 0 Å². The van der Waals surface area contributed by atoms with Gasteiger partial charge in [-0.15, -0.1) is 0 Å². The molecule has 4 heteroatoms. The second-order valence-electron chi connectivity index (χ2n) is 4.67. The molecule has 1 amide bonds. The molecule has 0 saturated carbocycles. The lowest BCUT2D eigenvalue weighted by Crippen LogP contribution is -2.23. The molecule has 3 rings (SSSR count). The standard InChI is InChI=1S/C17H15NO3/c19-17(20-12-13-6-2-1-3-7-13)18-11-15-10-14-8-4-5-9-16(14)21-15/h1-10H,11-12H2,(H,18,19). The minimum absolute atomic E-state index is 0.257. The van der Waals surface area contributed by atoms with Crippen LogP contribution in [0.2, 0.25) is 0 Å². The van der Waals surface area contributed by atoms with Crippen LogP contribution in [0.1, 0.15) is 11.3 Å². The maximum Gasteiger partial charge on any atom is 0.407 e. The van der Waals surface area contributed by atoms with Gasteiger partial charge in [0.05, 0.1) is 6.54 Å². The molecule has 21 heavy (non-hydrogen) atoms. The quantitative estimate of drug-likeness (QED) is 0.790. The van der Waals surface area contributed by atoms with Crippen molar-refractivity contribution in [1.82, 2.24) is 5.32 Å². The summed E-state index contributed by atoms with van der Waals surface area (Å²) in [6.45, 7) is 0.565. The Kier molecular flexibility index (Phi) is 3.87. The number of carbonyl (C=O) groups is 1. The summed E-state index contributed by atoms with van der Waals surface area (Å²) in [6.07, 6.45) is -0.459. The van der Waals surface area contributed by atoms with Crippen LogP contribution in [0.15, 0.2) is 65.1 Å². The zero-order valence-electron chi connectivity index (χ0n) is 11.4. The average Bonchev–Trinajstić information content (AvgIpc) is 2.95. The number of benzene rings is 2. The van der Waals surface area contributed by atoms with Crippen molar-refractivity contribution in [2.75, 3.05) is 0 Å². The van der Waals surface area contributed by atoms with E-state index in [1.54, 1.807) is 0 Å². The van der Waals surface area contributed by atoms with E-state index in [4.69, 9.17) is 9.15 Å². The summed E-state index contributed by atoms with van der Waals surface area (Å²) in [5, 5.41) is 3.70. The minimum atomic E-state index is -0.459. The lowest BCUT2D eigenvalue weighted by molar-refractivity contribution is 0.138. The van der Waals surface area contributed by atoms with Crippen molar-refractivity contribution in [3.63, 3.8) is 0 Å². The first-order valence-corrected chi connectivity index (χ1v) is 6.73. The van der Waals surface area contributed by atoms with Crippen LogP contribution in [0.3, 0.4) is 0 Å². The molecule has 106 valence electrons. The number of hydrogen-bond donors (Lipinski definition) is 1. The molecule has 3 aromatic rings. The lowest BCUT2D eigenvalue weighted by atomic mass is 10.2. The van der Waals surface area contributed by atoms with Crippen molar-refractivity contribution in [3.05, 3.63) is 72.0 Å². The molecule has 1 heterocycles. The van der Waals surface area contributed by atoms with E-state index in [0.717, 1.165) is 16.5 Å². The number of amides is 1. The maximum atomic E-state index is 11.6. The number of furan rings is 1. The molecule has 2 aromatic carbocycles. The predicted molar refractivity (Wildman–Crippen MR) is 79.7 cm³/mol. The highest BCUT2D eigenvalue weighted by Gasteiger charge is 2.06. The van der Waals surface area contributed by atoms with E-state index >= 15 is 0 Å². The van der Waals surface area contributed by atoms with E-state index in [9.17, 15) is 4.79 Å². The summed E-state index contributed by atoms with van der Waals surface area (Å²) >= 11 is 0. The number of para-hydroxylation sites is 1. The van der Waals surface area contributed by atoms with Gasteiger partial charge in [0.1, 0.15) is 18.0 Å². The normalized spacial score (nSPS) is 10.5. The number of alkyl carbamates (subject to hydrolysis) is 1. The molecule has 0 aliphatic rings. The number of ether oxygens (including phenoxy) is 1. The van der Waals surface area contributed by atoms with E-state index in [1.165, 1.54) is 0 Å². The van der Waals surface area contributed by atoms with Crippen LogP contribution in [0.25, 0.3) is 11.0 Å². The highest BCUT2D eigenvalue weighted by molar-refractivity contribution is 5.77. The van der Waals surface area contributed by atoms with Crippen LogP contribution in [0, 0.1) is 0 Å². The third-order valence-corrected chi connectivity index (χ3v) is 3.10. The Hall–Kier alpha value is -2.75. The van der Waals surface area contributed by atoms with Gasteiger partial charge in [0.15, 0.2) is 0 Å². The van der Waals surface area contributed by atoms with Gasteiger partial charge < -0.3 is 14.5 Å². The Bertz CT molecular complexity index is 701. The van der Waals surface area contributed by atoms with Gasteiger partial charge in [-0.3, -0.25) is 0 Å². The summed E-state index contributed by atoms with van der Waals surface area (Å²) in [6, 6.07) is 19.2. The third kappa shape index (κ3) is 3.42. The fourth-order valence-corrected chi connectivity index (χ4v) is 2.06. The summed E-state index contributed by atoms with van der Waals surface area (Å²) in [4.78, 5) is 11.6. The highest BCUT2D eigenvalue weighted by atomic mass is 16.5. The highest BCUT2D eigenvalue weighted by Crippen LogP contribution is 2.18. The first-order valence-electron chi connectivity index (χ1n) is 6.73. The van der Waals surface area contributed by atoms with Crippen LogP contribution >= 0.6 is 0 Å². The fourth-order valence-electron chi connectivity index (χ4n) is 2.06. The molecule has 0 radical (unpaired) electrons. The van der Waals surface area contributed by atoms with Gasteiger partial charge in [-0.05, 0) is 17.7 Å². The van der Waals surface area contributed by atoms with E-state index < -0.39 is 6.09 Å². The lowest BCUT2D eigenvalue weighted by Gasteiger charge is -2.05. The fraction of sp³-hybridized carbons (Fsp3) is 0.118. The molecular weight excluding hydrogens is 266 g/mol. The first kappa shape index (κ1) is 13.2. The summed E-state index contributed by atoms with van der Waals surface area (Å²) < 4.78 is 10.7. The van der Waals surface area contributed by atoms with E-state index in [1.807, 2.05) is 60.7 Å². The van der Waals surface area contributed by atoms with Crippen molar-refractivity contribution in [1.29, 1.82) is 0 Å². The van der Waals surface area contributed by atoms with Gasteiger partial charge in [-0.25, -0.2) is 4.79 Å². The van der Waals surface area contributed by atoms with Gasteiger partial charge in [-0.1, -0.05) is 48.5 Å². The number of carbonyl (C=O) groups excluding carboxylic acids is 1. The topological polar surface area (TPSA) is 51.5 Å². The molecule has 0 unspecified atom stereocenters. The van der Waals surface area contributed by atoms with Gasteiger partial charge in [0, 0.05) is 5.39 Å². The van der Waals surface area contributed by atoms with E-state index in [-0.39, 0.29) is 6.61 Å². The van der Waals surface area contributed by atoms with Crippen molar-refractivity contribution in [2.24, 2.45) is 0 Å². The largest absolute Gasteiger partial charge is 0.459 e. The van der Waals surface area contributed by atoms with Crippen molar-refractivity contribution in [2.45, 2.75) is 13.2 Å². The minimum Gasteiger partial charge on any atom is -0.459 e. The smallest absolute Gasteiger partial charge is 0.407 e. The second kappa shape index (κ2) is 6.13. The first-order chi connectivity index (χ1) is 10.3. The summed E-state index contributed by atoms with van der Waals surface area (Å²) in [5.41, 5.74) is 1.77. The SMILES string of the molecule is O=C(NCc1cc2ccccc2o1)OCc1ccccc1. The number of nitrogens with one attached hydrogen (secondary N) is 1. The number of fused-ring (bicyclic) bond motifs is 1. The van der Waals surface area contributed by atoms with E-state index in [0.29, 0.717) is 12.3 Å². The zero-order valence-corrected chi connectivity index (χ0v) is 11.4. The van der Waals surface area contributed by atoms with E-state index in [2.05, 4.69) is 5.32 Å². The molecule has 0 bridgehead atoms. The Labute approximate surface area is 122 Å². The van der Waals surface area contributed by atoms with Crippen LogP contribution in [0.4, 0.5) is 4.79 Å². The Morgan fingerprint density at radius 1 is 1.05 bits per heavy atom. The molecule has 0 saturated heterocycles. The van der Waals surface area contributed by atoms with Gasteiger partial charge in [0.2, 0.25) is 0 Å². The van der Waals surface area contributed by atoms with Crippen LogP contribution in [-0.2, 0) is 17.9 Å². The molecule has 0 fully saturated rings. The van der Waals surface area contributed by atoms with Crippen LogP contribution in [-0.4, -0.2) is 6.09 Å². The van der Waals surface area contributed by atoms with Crippen molar-refractivity contribution >= 4 is 17.1 Å². The second-order valence-corrected chi connectivity index (χ2v) is 4.67. The van der Waals surface area contributed by atoms with Crippen molar-refractivity contribution < 1.29 is 13.9 Å². The third-order valence-electron chi connectivity index (χ3n) is 3.10. The Morgan fingerprint density at radius 2 is 1.81 bits per heavy atom. The molecule has 4 nitrogen and oxygen atoms in total. The molecule has 1 aromatic heterocycles. The molecule has 1 N–H and O–H groups in total. The van der Waals surface area contributed by atoms with Gasteiger partial charge in [0.25, 0.3) is 0 Å². The van der Waals surface area contributed by atoms with Gasteiger partial charge in [-0.2, -0.15) is 0 Å². The summed E-state index contributed by atoms with van der Waals surface area (Å²) in [5.74, 6) is 0.702. The maximum absolute atomic E-state index is 11.6. The predicted octanol–water partition coefficient (Wildman–Crippen LogP) is 3.86. The van der Waals surface area contributed by atoms with Gasteiger partial charge >= 0.3 is 6.09 Å². The number of hydrogen-bond acceptors (Lipinski definition) is 3. The zero-order chi connectivity index (χ0) is 14.5.